The molecule has 0 aliphatic carbocycles. The van der Waals surface area contributed by atoms with Gasteiger partial charge in [0.2, 0.25) is 0 Å². The molecule has 0 amide bonds. The minimum absolute atomic E-state index is 0.186. The van der Waals surface area contributed by atoms with E-state index in [1.165, 1.54) is 18.2 Å². The first kappa shape index (κ1) is 14.5. The summed E-state index contributed by atoms with van der Waals surface area (Å²) in [5.74, 6) is -0.965. The summed E-state index contributed by atoms with van der Waals surface area (Å²) in [7, 11) is 0. The van der Waals surface area contributed by atoms with E-state index in [1.54, 1.807) is 6.92 Å². The number of hydrogen-bond donors (Lipinski definition) is 0. The van der Waals surface area contributed by atoms with Crippen molar-refractivity contribution in [3.05, 3.63) is 35.1 Å². The summed E-state index contributed by atoms with van der Waals surface area (Å²) in [4.78, 5) is 23.2. The maximum atomic E-state index is 13.3. The minimum Gasteiger partial charge on any atom is -0.381 e. The summed E-state index contributed by atoms with van der Waals surface area (Å²) in [6.07, 6.45) is 0.0174. The number of carbonyl (C=O) groups is 2. The molecule has 0 aromatic heterocycles. The van der Waals surface area contributed by atoms with Gasteiger partial charge in [0.05, 0.1) is 13.0 Å². The summed E-state index contributed by atoms with van der Waals surface area (Å²) >= 11 is 0. The Morgan fingerprint density at radius 3 is 2.67 bits per heavy atom. The molecule has 1 aromatic rings. The molecule has 0 atom stereocenters. The molecule has 0 radical (unpaired) electrons. The van der Waals surface area contributed by atoms with Gasteiger partial charge in [-0.1, -0.05) is 12.1 Å². The molecule has 18 heavy (non-hydrogen) atoms. The molecule has 0 saturated heterocycles. The Kier molecular flexibility index (Phi) is 5.65. The quantitative estimate of drug-likeness (QED) is 0.425. The first-order valence-electron chi connectivity index (χ1n) is 5.93. The molecule has 0 spiro atoms. The van der Waals surface area contributed by atoms with Crippen LogP contribution in [0.1, 0.15) is 35.7 Å². The zero-order chi connectivity index (χ0) is 13.5. The maximum absolute atomic E-state index is 13.3. The highest BCUT2D eigenvalue weighted by Gasteiger charge is 2.13. The van der Waals surface area contributed by atoms with Crippen molar-refractivity contribution in [3.8, 4) is 0 Å². The average molecular weight is 252 g/mol. The van der Waals surface area contributed by atoms with Crippen LogP contribution in [-0.4, -0.2) is 24.8 Å². The van der Waals surface area contributed by atoms with E-state index in [0.29, 0.717) is 18.8 Å². The van der Waals surface area contributed by atoms with E-state index in [0.717, 1.165) is 0 Å². The van der Waals surface area contributed by atoms with E-state index >= 15 is 0 Å². The van der Waals surface area contributed by atoms with Crippen molar-refractivity contribution < 1.29 is 18.7 Å². The van der Waals surface area contributed by atoms with Crippen LogP contribution in [0.5, 0.6) is 0 Å². The van der Waals surface area contributed by atoms with E-state index in [4.69, 9.17) is 4.74 Å². The van der Waals surface area contributed by atoms with Gasteiger partial charge in [-0.25, -0.2) is 4.39 Å². The van der Waals surface area contributed by atoms with Crippen LogP contribution in [-0.2, 0) is 9.53 Å². The van der Waals surface area contributed by atoms with E-state index in [-0.39, 0.29) is 30.0 Å². The van der Waals surface area contributed by atoms with Gasteiger partial charge in [0, 0.05) is 18.6 Å². The summed E-state index contributed by atoms with van der Waals surface area (Å²) in [6, 6.07) is 4.25. The fourth-order valence-electron chi connectivity index (χ4n) is 1.47. The van der Waals surface area contributed by atoms with Crippen LogP contribution >= 0.6 is 0 Å². The third kappa shape index (κ3) is 4.37. The standard InChI is InChI=1S/C14H17FO3/c1-3-18-7-6-12(16)9-14(17)11-5-4-10(2)13(15)8-11/h4-5,8H,3,6-7,9H2,1-2H3. The predicted molar refractivity (Wildman–Crippen MR) is 66.2 cm³/mol. The second kappa shape index (κ2) is 7.01. The van der Waals surface area contributed by atoms with Gasteiger partial charge in [0.15, 0.2) is 5.78 Å². The molecular weight excluding hydrogens is 235 g/mol. The van der Waals surface area contributed by atoms with Gasteiger partial charge in [0.25, 0.3) is 0 Å². The van der Waals surface area contributed by atoms with Crippen molar-refractivity contribution in [3.63, 3.8) is 0 Å². The van der Waals surface area contributed by atoms with Gasteiger partial charge in [-0.05, 0) is 25.5 Å². The van der Waals surface area contributed by atoms with Gasteiger partial charge in [0.1, 0.15) is 11.6 Å². The zero-order valence-corrected chi connectivity index (χ0v) is 10.7. The van der Waals surface area contributed by atoms with E-state index in [2.05, 4.69) is 0 Å². The van der Waals surface area contributed by atoms with Crippen molar-refractivity contribution in [1.29, 1.82) is 0 Å². The van der Waals surface area contributed by atoms with Gasteiger partial charge in [-0.3, -0.25) is 9.59 Å². The fraction of sp³-hybridized carbons (Fsp3) is 0.429. The Labute approximate surface area is 106 Å². The summed E-state index contributed by atoms with van der Waals surface area (Å²) in [5.41, 5.74) is 0.720. The largest absolute Gasteiger partial charge is 0.381 e. The summed E-state index contributed by atoms with van der Waals surface area (Å²) in [5, 5.41) is 0. The van der Waals surface area contributed by atoms with Crippen LogP contribution in [0.15, 0.2) is 18.2 Å². The average Bonchev–Trinajstić information content (AvgIpc) is 2.33. The van der Waals surface area contributed by atoms with Crippen LogP contribution in [0.4, 0.5) is 4.39 Å². The van der Waals surface area contributed by atoms with Crippen molar-refractivity contribution in [2.75, 3.05) is 13.2 Å². The summed E-state index contributed by atoms with van der Waals surface area (Å²) < 4.78 is 18.3. The normalized spacial score (nSPS) is 10.4. The Morgan fingerprint density at radius 1 is 1.33 bits per heavy atom. The molecule has 0 aliphatic rings. The second-order valence-corrected chi connectivity index (χ2v) is 4.05. The number of hydrogen-bond acceptors (Lipinski definition) is 3. The molecule has 3 nitrogen and oxygen atoms in total. The Bertz CT molecular complexity index is 441. The number of halogens is 1. The van der Waals surface area contributed by atoms with Crippen LogP contribution < -0.4 is 0 Å². The van der Waals surface area contributed by atoms with Crippen LogP contribution in [0.2, 0.25) is 0 Å². The van der Waals surface area contributed by atoms with Gasteiger partial charge in [-0.15, -0.1) is 0 Å². The minimum atomic E-state index is -0.428. The lowest BCUT2D eigenvalue weighted by Crippen LogP contribution is -2.11. The lowest BCUT2D eigenvalue weighted by molar-refractivity contribution is -0.119. The Morgan fingerprint density at radius 2 is 2.06 bits per heavy atom. The second-order valence-electron chi connectivity index (χ2n) is 4.05. The number of aryl methyl sites for hydroxylation is 1. The van der Waals surface area contributed by atoms with E-state index < -0.39 is 5.82 Å². The Balaban J connectivity index is 2.54. The zero-order valence-electron chi connectivity index (χ0n) is 10.7. The number of ketones is 2. The predicted octanol–water partition coefficient (Wildman–Crippen LogP) is 2.70. The van der Waals surface area contributed by atoms with Crippen molar-refractivity contribution in [2.24, 2.45) is 0 Å². The lowest BCUT2D eigenvalue weighted by Gasteiger charge is -2.03. The van der Waals surface area contributed by atoms with Gasteiger partial charge in [-0.2, -0.15) is 0 Å². The molecule has 0 N–H and O–H groups in total. The fourth-order valence-corrected chi connectivity index (χ4v) is 1.47. The molecule has 0 fully saturated rings. The van der Waals surface area contributed by atoms with E-state index in [1.807, 2.05) is 6.92 Å². The molecular formula is C14H17FO3. The van der Waals surface area contributed by atoms with E-state index in [9.17, 15) is 14.0 Å². The topological polar surface area (TPSA) is 43.4 Å². The molecule has 1 rings (SSSR count). The maximum Gasteiger partial charge on any atom is 0.170 e. The Hall–Kier alpha value is -1.55. The molecule has 0 aliphatic heterocycles. The van der Waals surface area contributed by atoms with Crippen molar-refractivity contribution >= 4 is 11.6 Å². The van der Waals surface area contributed by atoms with Crippen molar-refractivity contribution in [2.45, 2.75) is 26.7 Å². The monoisotopic (exact) mass is 252 g/mol. The highest BCUT2D eigenvalue weighted by molar-refractivity contribution is 6.07. The van der Waals surface area contributed by atoms with Gasteiger partial charge >= 0.3 is 0 Å². The summed E-state index contributed by atoms with van der Waals surface area (Å²) in [6.45, 7) is 4.33. The SMILES string of the molecule is CCOCCC(=O)CC(=O)c1ccc(C)c(F)c1. The molecule has 0 heterocycles. The number of Topliss-reactive ketones (excluding diaryl/α,β-unsaturated/α-hetero) is 2. The molecule has 1 aromatic carbocycles. The number of ether oxygens (including phenoxy) is 1. The third-order valence-corrected chi connectivity index (χ3v) is 2.58. The highest BCUT2D eigenvalue weighted by atomic mass is 19.1. The third-order valence-electron chi connectivity index (χ3n) is 2.58. The number of benzene rings is 1. The highest BCUT2D eigenvalue weighted by Crippen LogP contribution is 2.11. The van der Waals surface area contributed by atoms with Crippen LogP contribution in [0.25, 0.3) is 0 Å². The first-order chi connectivity index (χ1) is 8.54. The van der Waals surface area contributed by atoms with Gasteiger partial charge < -0.3 is 4.74 Å². The number of carbonyl (C=O) groups excluding carboxylic acids is 2. The van der Waals surface area contributed by atoms with Crippen molar-refractivity contribution in [1.82, 2.24) is 0 Å². The molecule has 98 valence electrons. The lowest BCUT2D eigenvalue weighted by atomic mass is 10.0. The number of rotatable bonds is 7. The van der Waals surface area contributed by atoms with Crippen LogP contribution in [0, 0.1) is 12.7 Å². The smallest absolute Gasteiger partial charge is 0.170 e. The molecule has 0 bridgehead atoms. The molecule has 0 unspecified atom stereocenters. The molecule has 0 saturated carbocycles. The molecule has 4 heteroatoms. The van der Waals surface area contributed by atoms with Crippen LogP contribution in [0.3, 0.4) is 0 Å². The first-order valence-corrected chi connectivity index (χ1v) is 5.93.